The van der Waals surface area contributed by atoms with E-state index in [1.807, 2.05) is 22.8 Å². The number of H-pyrrole nitrogens is 1. The maximum Gasteiger partial charge on any atom is 0.326 e. The van der Waals surface area contributed by atoms with Crippen LogP contribution in [0.5, 0.6) is 0 Å². The SMILES string of the molecule is O=c1[nH]c2c(Br)cccc2n1C1CCCOC1. The standard InChI is InChI=1S/C12H13BrN2O2/c13-9-4-1-5-10-11(9)14-12(16)15(10)8-3-2-6-17-7-8/h1,4-5,8H,2-3,6-7H2,(H,14,16). The van der Waals surface area contributed by atoms with Crippen molar-refractivity contribution in [2.24, 2.45) is 0 Å². The summed E-state index contributed by atoms with van der Waals surface area (Å²) in [5.41, 5.74) is 1.75. The highest BCUT2D eigenvalue weighted by Gasteiger charge is 2.20. The first-order valence-corrected chi connectivity index (χ1v) is 6.53. The molecule has 4 nitrogen and oxygen atoms in total. The summed E-state index contributed by atoms with van der Waals surface area (Å²) in [5, 5.41) is 0. The molecule has 0 bridgehead atoms. The first kappa shape index (κ1) is 11.0. The van der Waals surface area contributed by atoms with Crippen LogP contribution >= 0.6 is 15.9 Å². The second kappa shape index (κ2) is 4.31. The molecule has 2 heterocycles. The molecule has 0 spiro atoms. The van der Waals surface area contributed by atoms with Gasteiger partial charge in [0.1, 0.15) is 0 Å². The highest BCUT2D eigenvalue weighted by atomic mass is 79.9. The van der Waals surface area contributed by atoms with E-state index in [1.54, 1.807) is 0 Å². The van der Waals surface area contributed by atoms with E-state index in [0.29, 0.717) is 6.61 Å². The number of benzene rings is 1. The molecule has 1 aromatic carbocycles. The largest absolute Gasteiger partial charge is 0.379 e. The summed E-state index contributed by atoms with van der Waals surface area (Å²) in [5.74, 6) is 0. The molecule has 1 aliphatic heterocycles. The van der Waals surface area contributed by atoms with Crippen LogP contribution in [0, 0.1) is 0 Å². The number of hydrogen-bond donors (Lipinski definition) is 1. The summed E-state index contributed by atoms with van der Waals surface area (Å²) in [4.78, 5) is 14.9. The maximum atomic E-state index is 12.0. The lowest BCUT2D eigenvalue weighted by Gasteiger charge is -2.23. The number of halogens is 1. The lowest BCUT2D eigenvalue weighted by Crippen LogP contribution is -2.28. The average Bonchev–Trinajstić information content (AvgIpc) is 2.68. The molecule has 0 radical (unpaired) electrons. The molecule has 90 valence electrons. The highest BCUT2D eigenvalue weighted by molar-refractivity contribution is 9.10. The summed E-state index contributed by atoms with van der Waals surface area (Å²) in [6, 6.07) is 5.99. The number of aromatic nitrogens is 2. The number of nitrogens with zero attached hydrogens (tertiary/aromatic N) is 1. The topological polar surface area (TPSA) is 47.0 Å². The molecule has 5 heteroatoms. The summed E-state index contributed by atoms with van der Waals surface area (Å²) in [6.07, 6.45) is 2.01. The van der Waals surface area contributed by atoms with E-state index in [0.717, 1.165) is 35.0 Å². The van der Waals surface area contributed by atoms with Gasteiger partial charge in [-0.3, -0.25) is 4.57 Å². The lowest BCUT2D eigenvalue weighted by molar-refractivity contribution is 0.0595. The van der Waals surface area contributed by atoms with Gasteiger partial charge in [-0.05, 0) is 40.9 Å². The van der Waals surface area contributed by atoms with Crippen LogP contribution in [0.3, 0.4) is 0 Å². The van der Waals surface area contributed by atoms with Crippen LogP contribution in [0.25, 0.3) is 11.0 Å². The maximum absolute atomic E-state index is 12.0. The summed E-state index contributed by atoms with van der Waals surface area (Å²) >= 11 is 3.45. The van der Waals surface area contributed by atoms with Gasteiger partial charge in [-0.2, -0.15) is 0 Å². The summed E-state index contributed by atoms with van der Waals surface area (Å²) < 4.78 is 8.19. The molecule has 1 aliphatic rings. The fraction of sp³-hybridized carbons (Fsp3) is 0.417. The van der Waals surface area contributed by atoms with Crippen molar-refractivity contribution >= 4 is 27.0 Å². The number of imidazole rings is 1. The van der Waals surface area contributed by atoms with Crippen molar-refractivity contribution in [2.45, 2.75) is 18.9 Å². The minimum absolute atomic E-state index is 0.0533. The van der Waals surface area contributed by atoms with Gasteiger partial charge in [0.2, 0.25) is 0 Å². The quantitative estimate of drug-likeness (QED) is 0.879. The van der Waals surface area contributed by atoms with Gasteiger partial charge < -0.3 is 9.72 Å². The molecule has 1 aromatic heterocycles. The minimum Gasteiger partial charge on any atom is -0.379 e. The first-order valence-electron chi connectivity index (χ1n) is 5.74. The minimum atomic E-state index is -0.0533. The van der Waals surface area contributed by atoms with Crippen molar-refractivity contribution in [1.29, 1.82) is 0 Å². The molecule has 1 N–H and O–H groups in total. The lowest BCUT2D eigenvalue weighted by atomic mass is 10.1. The fourth-order valence-corrected chi connectivity index (χ4v) is 2.86. The zero-order valence-electron chi connectivity index (χ0n) is 9.28. The van der Waals surface area contributed by atoms with Gasteiger partial charge in [-0.15, -0.1) is 0 Å². The van der Waals surface area contributed by atoms with Crippen molar-refractivity contribution in [3.05, 3.63) is 33.2 Å². The first-order chi connectivity index (χ1) is 8.27. The van der Waals surface area contributed by atoms with Crippen molar-refractivity contribution in [2.75, 3.05) is 13.2 Å². The van der Waals surface area contributed by atoms with Crippen LogP contribution in [0.15, 0.2) is 27.5 Å². The van der Waals surface area contributed by atoms with Gasteiger partial charge >= 0.3 is 5.69 Å². The van der Waals surface area contributed by atoms with Crippen LogP contribution in [-0.2, 0) is 4.74 Å². The fourth-order valence-electron chi connectivity index (χ4n) is 2.40. The molecular weight excluding hydrogens is 284 g/mol. The van der Waals surface area contributed by atoms with Gasteiger partial charge in [0, 0.05) is 11.1 Å². The van der Waals surface area contributed by atoms with E-state index in [-0.39, 0.29) is 11.7 Å². The number of para-hydroxylation sites is 1. The Hall–Kier alpha value is -1.07. The molecule has 0 saturated carbocycles. The number of ether oxygens (including phenoxy) is 1. The molecule has 0 amide bonds. The Morgan fingerprint density at radius 1 is 1.47 bits per heavy atom. The normalized spacial score (nSPS) is 20.9. The van der Waals surface area contributed by atoms with Crippen LogP contribution < -0.4 is 5.69 Å². The van der Waals surface area contributed by atoms with E-state index in [1.165, 1.54) is 0 Å². The van der Waals surface area contributed by atoms with Crippen LogP contribution in [0.4, 0.5) is 0 Å². The predicted molar refractivity (Wildman–Crippen MR) is 69.3 cm³/mol. The van der Waals surface area contributed by atoms with Crippen molar-refractivity contribution in [3.63, 3.8) is 0 Å². The van der Waals surface area contributed by atoms with Crippen LogP contribution in [0.1, 0.15) is 18.9 Å². The second-order valence-corrected chi connectivity index (χ2v) is 5.16. The predicted octanol–water partition coefficient (Wildman–Crippen LogP) is 2.44. The molecule has 0 aliphatic carbocycles. The second-order valence-electron chi connectivity index (χ2n) is 4.31. The Labute approximate surface area is 107 Å². The Morgan fingerprint density at radius 2 is 2.35 bits per heavy atom. The summed E-state index contributed by atoms with van der Waals surface area (Å²) in [6.45, 7) is 1.43. The van der Waals surface area contributed by atoms with E-state index in [9.17, 15) is 4.79 Å². The smallest absolute Gasteiger partial charge is 0.326 e. The molecule has 1 unspecified atom stereocenters. The molecular formula is C12H13BrN2O2. The van der Waals surface area contributed by atoms with Crippen molar-refractivity contribution in [1.82, 2.24) is 9.55 Å². The third-order valence-corrected chi connectivity index (χ3v) is 3.86. The van der Waals surface area contributed by atoms with Crippen LogP contribution in [-0.4, -0.2) is 22.8 Å². The Balaban J connectivity index is 2.18. The zero-order chi connectivity index (χ0) is 11.8. The van der Waals surface area contributed by atoms with E-state index in [2.05, 4.69) is 20.9 Å². The van der Waals surface area contributed by atoms with E-state index in [4.69, 9.17) is 4.74 Å². The van der Waals surface area contributed by atoms with Gasteiger partial charge in [-0.1, -0.05) is 6.07 Å². The molecule has 2 aromatic rings. The van der Waals surface area contributed by atoms with Gasteiger partial charge in [0.05, 0.1) is 23.7 Å². The Morgan fingerprint density at radius 3 is 3.12 bits per heavy atom. The average molecular weight is 297 g/mol. The van der Waals surface area contributed by atoms with Gasteiger partial charge in [0.15, 0.2) is 0 Å². The van der Waals surface area contributed by atoms with E-state index < -0.39 is 0 Å². The summed E-state index contributed by atoms with van der Waals surface area (Å²) in [7, 11) is 0. The van der Waals surface area contributed by atoms with Gasteiger partial charge in [0.25, 0.3) is 0 Å². The molecule has 3 rings (SSSR count). The Kier molecular flexibility index (Phi) is 2.80. The highest BCUT2D eigenvalue weighted by Crippen LogP contribution is 2.25. The van der Waals surface area contributed by atoms with Crippen LogP contribution in [0.2, 0.25) is 0 Å². The number of nitrogens with one attached hydrogen (secondary N) is 1. The van der Waals surface area contributed by atoms with Crippen molar-refractivity contribution in [3.8, 4) is 0 Å². The number of rotatable bonds is 1. The molecule has 17 heavy (non-hydrogen) atoms. The number of hydrogen-bond acceptors (Lipinski definition) is 2. The van der Waals surface area contributed by atoms with Crippen molar-refractivity contribution < 1.29 is 4.74 Å². The third-order valence-electron chi connectivity index (χ3n) is 3.20. The molecule has 1 fully saturated rings. The third kappa shape index (κ3) is 1.83. The monoisotopic (exact) mass is 296 g/mol. The molecule has 1 atom stereocenters. The Bertz CT molecular complexity index is 596. The number of fused-ring (bicyclic) bond motifs is 1. The van der Waals surface area contributed by atoms with E-state index >= 15 is 0 Å². The molecule has 1 saturated heterocycles. The zero-order valence-corrected chi connectivity index (χ0v) is 10.9. The number of aromatic amines is 1. The van der Waals surface area contributed by atoms with Gasteiger partial charge in [-0.25, -0.2) is 4.79 Å².